The van der Waals surface area contributed by atoms with Crippen molar-refractivity contribution in [3.8, 4) is 5.75 Å². The fourth-order valence-corrected chi connectivity index (χ4v) is 1.76. The number of ether oxygens (including phenoxy) is 1. The van der Waals surface area contributed by atoms with Gasteiger partial charge in [-0.1, -0.05) is 25.1 Å². The Morgan fingerprint density at radius 1 is 1.37 bits per heavy atom. The van der Waals surface area contributed by atoms with E-state index < -0.39 is 5.97 Å². The van der Waals surface area contributed by atoms with Crippen molar-refractivity contribution < 1.29 is 14.6 Å². The zero-order chi connectivity index (χ0) is 14.3. The number of methoxy groups -OCH3 is 1. The largest absolute Gasteiger partial charge is 0.497 e. The SMILES string of the molecule is CCC(=CCN(C)Cc1ccc(OC)cc1)C(=O)O. The Hall–Kier alpha value is -1.81. The molecule has 4 heteroatoms. The van der Waals surface area contributed by atoms with Crippen LogP contribution in [0.4, 0.5) is 0 Å². The molecule has 1 aromatic rings. The van der Waals surface area contributed by atoms with Crippen LogP contribution in [0.25, 0.3) is 0 Å². The highest BCUT2D eigenvalue weighted by molar-refractivity contribution is 5.86. The topological polar surface area (TPSA) is 49.8 Å². The summed E-state index contributed by atoms with van der Waals surface area (Å²) in [5, 5.41) is 8.93. The summed E-state index contributed by atoms with van der Waals surface area (Å²) in [5.74, 6) is 0.00536. The molecule has 0 aliphatic carbocycles. The Morgan fingerprint density at radius 3 is 2.47 bits per heavy atom. The summed E-state index contributed by atoms with van der Waals surface area (Å²) in [6.45, 7) is 3.25. The van der Waals surface area contributed by atoms with E-state index in [9.17, 15) is 4.79 Å². The lowest BCUT2D eigenvalue weighted by Crippen LogP contribution is -2.18. The first-order valence-corrected chi connectivity index (χ1v) is 6.30. The first kappa shape index (κ1) is 15.2. The summed E-state index contributed by atoms with van der Waals surface area (Å²) in [7, 11) is 3.61. The molecule has 0 bridgehead atoms. The van der Waals surface area contributed by atoms with Crippen LogP contribution in [0.1, 0.15) is 18.9 Å². The molecule has 0 radical (unpaired) electrons. The number of hydrogen-bond donors (Lipinski definition) is 1. The molecule has 19 heavy (non-hydrogen) atoms. The lowest BCUT2D eigenvalue weighted by atomic mass is 10.2. The van der Waals surface area contributed by atoms with Crippen molar-refractivity contribution in [2.45, 2.75) is 19.9 Å². The molecular weight excluding hydrogens is 242 g/mol. The van der Waals surface area contributed by atoms with E-state index >= 15 is 0 Å². The monoisotopic (exact) mass is 263 g/mol. The van der Waals surface area contributed by atoms with Gasteiger partial charge in [0.2, 0.25) is 0 Å². The van der Waals surface area contributed by atoms with Gasteiger partial charge in [-0.3, -0.25) is 4.90 Å². The van der Waals surface area contributed by atoms with Crippen molar-refractivity contribution in [2.75, 3.05) is 20.7 Å². The van der Waals surface area contributed by atoms with E-state index in [1.807, 2.05) is 38.2 Å². The number of carbonyl (C=O) groups is 1. The van der Waals surface area contributed by atoms with Gasteiger partial charge in [-0.2, -0.15) is 0 Å². The Labute approximate surface area is 114 Å². The van der Waals surface area contributed by atoms with Gasteiger partial charge in [0.1, 0.15) is 5.75 Å². The third-order valence-corrected chi connectivity index (χ3v) is 2.92. The van der Waals surface area contributed by atoms with Crippen molar-refractivity contribution in [2.24, 2.45) is 0 Å². The van der Waals surface area contributed by atoms with Crippen molar-refractivity contribution in [3.05, 3.63) is 41.5 Å². The molecule has 0 unspecified atom stereocenters. The van der Waals surface area contributed by atoms with E-state index in [1.165, 1.54) is 5.56 Å². The number of hydrogen-bond acceptors (Lipinski definition) is 3. The van der Waals surface area contributed by atoms with E-state index in [1.54, 1.807) is 13.2 Å². The van der Waals surface area contributed by atoms with Crippen LogP contribution in [0.2, 0.25) is 0 Å². The van der Waals surface area contributed by atoms with Crippen LogP contribution in [0, 0.1) is 0 Å². The molecule has 0 atom stereocenters. The van der Waals surface area contributed by atoms with Crippen molar-refractivity contribution in [1.29, 1.82) is 0 Å². The molecule has 0 fully saturated rings. The normalized spacial score (nSPS) is 11.7. The highest BCUT2D eigenvalue weighted by Gasteiger charge is 2.05. The van der Waals surface area contributed by atoms with Gasteiger partial charge in [0.25, 0.3) is 0 Å². The first-order chi connectivity index (χ1) is 9.06. The molecule has 104 valence electrons. The lowest BCUT2D eigenvalue weighted by Gasteiger charge is -2.15. The highest BCUT2D eigenvalue weighted by atomic mass is 16.5. The van der Waals surface area contributed by atoms with E-state index in [0.29, 0.717) is 18.5 Å². The smallest absolute Gasteiger partial charge is 0.331 e. The summed E-state index contributed by atoms with van der Waals surface area (Å²) in [6, 6.07) is 7.87. The number of nitrogens with zero attached hydrogens (tertiary/aromatic N) is 1. The zero-order valence-electron chi connectivity index (χ0n) is 11.7. The van der Waals surface area contributed by atoms with E-state index in [4.69, 9.17) is 9.84 Å². The Bertz CT molecular complexity index is 437. The van der Waals surface area contributed by atoms with Gasteiger partial charge in [-0.05, 0) is 31.2 Å². The number of rotatable bonds is 7. The second-order valence-corrected chi connectivity index (χ2v) is 4.43. The Balaban J connectivity index is 2.54. The number of carboxylic acids is 1. The molecule has 0 saturated carbocycles. The van der Waals surface area contributed by atoms with Crippen LogP contribution < -0.4 is 4.74 Å². The minimum absolute atomic E-state index is 0.460. The van der Waals surface area contributed by atoms with Crippen LogP contribution >= 0.6 is 0 Å². The van der Waals surface area contributed by atoms with Crippen molar-refractivity contribution in [3.63, 3.8) is 0 Å². The molecular formula is C15H21NO3. The average molecular weight is 263 g/mol. The first-order valence-electron chi connectivity index (χ1n) is 6.30. The van der Waals surface area contributed by atoms with Crippen LogP contribution in [-0.4, -0.2) is 36.7 Å². The fraction of sp³-hybridized carbons (Fsp3) is 0.400. The average Bonchev–Trinajstić information content (AvgIpc) is 2.40. The Kier molecular flexibility index (Phi) is 6.09. The predicted molar refractivity (Wildman–Crippen MR) is 75.3 cm³/mol. The number of benzene rings is 1. The van der Waals surface area contributed by atoms with Crippen LogP contribution in [0.15, 0.2) is 35.9 Å². The lowest BCUT2D eigenvalue weighted by molar-refractivity contribution is -0.132. The summed E-state index contributed by atoms with van der Waals surface area (Å²) in [4.78, 5) is 12.9. The third-order valence-electron chi connectivity index (χ3n) is 2.92. The highest BCUT2D eigenvalue weighted by Crippen LogP contribution is 2.12. The van der Waals surface area contributed by atoms with Crippen molar-refractivity contribution in [1.82, 2.24) is 4.90 Å². The quantitative estimate of drug-likeness (QED) is 0.768. The minimum atomic E-state index is -0.833. The van der Waals surface area contributed by atoms with Crippen LogP contribution in [0.5, 0.6) is 5.75 Å². The van der Waals surface area contributed by atoms with E-state index in [0.717, 1.165) is 12.3 Å². The second-order valence-electron chi connectivity index (χ2n) is 4.43. The molecule has 1 rings (SSSR count). The molecule has 4 nitrogen and oxygen atoms in total. The molecule has 0 amide bonds. The molecule has 0 heterocycles. The fourth-order valence-electron chi connectivity index (χ4n) is 1.76. The molecule has 0 aliphatic rings. The minimum Gasteiger partial charge on any atom is -0.497 e. The van der Waals surface area contributed by atoms with E-state index in [-0.39, 0.29) is 0 Å². The van der Waals surface area contributed by atoms with Gasteiger partial charge in [0, 0.05) is 18.7 Å². The van der Waals surface area contributed by atoms with Crippen molar-refractivity contribution >= 4 is 5.97 Å². The molecule has 0 spiro atoms. The number of aliphatic carboxylic acids is 1. The van der Waals surface area contributed by atoms with Gasteiger partial charge in [-0.25, -0.2) is 4.79 Å². The van der Waals surface area contributed by atoms with Gasteiger partial charge < -0.3 is 9.84 Å². The van der Waals surface area contributed by atoms with Gasteiger partial charge >= 0.3 is 5.97 Å². The number of likely N-dealkylation sites (N-methyl/N-ethyl adjacent to an activating group) is 1. The maximum atomic E-state index is 10.9. The summed E-state index contributed by atoms with van der Waals surface area (Å²) < 4.78 is 5.11. The summed E-state index contributed by atoms with van der Waals surface area (Å²) in [5.41, 5.74) is 1.63. The van der Waals surface area contributed by atoms with Gasteiger partial charge in [0.05, 0.1) is 7.11 Å². The number of carboxylic acid groups (broad SMARTS) is 1. The molecule has 1 aromatic carbocycles. The van der Waals surface area contributed by atoms with E-state index in [2.05, 4.69) is 4.90 Å². The second kappa shape index (κ2) is 7.59. The molecule has 1 N–H and O–H groups in total. The van der Waals surface area contributed by atoms with Crippen LogP contribution in [-0.2, 0) is 11.3 Å². The Morgan fingerprint density at radius 2 is 2.00 bits per heavy atom. The third kappa shape index (κ3) is 5.14. The molecule has 0 aliphatic heterocycles. The van der Waals surface area contributed by atoms with Gasteiger partial charge in [0.15, 0.2) is 0 Å². The van der Waals surface area contributed by atoms with Gasteiger partial charge in [-0.15, -0.1) is 0 Å². The molecule has 0 aromatic heterocycles. The predicted octanol–water partition coefficient (Wildman–Crippen LogP) is 2.55. The maximum Gasteiger partial charge on any atom is 0.331 e. The molecule has 0 saturated heterocycles. The summed E-state index contributed by atoms with van der Waals surface area (Å²) in [6.07, 6.45) is 2.32. The zero-order valence-corrected chi connectivity index (χ0v) is 11.7. The standard InChI is InChI=1S/C15H21NO3/c1-4-13(15(17)18)9-10-16(2)11-12-5-7-14(19-3)8-6-12/h5-9H,4,10-11H2,1-3H3,(H,17,18). The summed E-state index contributed by atoms with van der Waals surface area (Å²) >= 11 is 0. The van der Waals surface area contributed by atoms with Crippen LogP contribution in [0.3, 0.4) is 0 Å². The maximum absolute atomic E-state index is 10.9.